The molecule has 0 spiro atoms. The van der Waals surface area contributed by atoms with Crippen LogP contribution in [0.3, 0.4) is 0 Å². The lowest BCUT2D eigenvalue weighted by molar-refractivity contribution is -0.124. The Labute approximate surface area is 197 Å². The third kappa shape index (κ3) is 4.26. The zero-order valence-corrected chi connectivity index (χ0v) is 18.6. The monoisotopic (exact) mass is 481 g/mol. The van der Waals surface area contributed by atoms with Crippen LogP contribution in [-0.4, -0.2) is 23.3 Å². The van der Waals surface area contributed by atoms with Crippen molar-refractivity contribution < 1.29 is 22.8 Å². The van der Waals surface area contributed by atoms with Gasteiger partial charge in [-0.15, -0.1) is 0 Å². The van der Waals surface area contributed by atoms with Crippen LogP contribution in [0.25, 0.3) is 10.2 Å². The maximum absolute atomic E-state index is 14.3. The Morgan fingerprint density at radius 3 is 2.50 bits per heavy atom. The second kappa shape index (κ2) is 8.90. The summed E-state index contributed by atoms with van der Waals surface area (Å²) >= 11 is 1.01. The number of nitrogens with zero attached hydrogens (tertiary/aromatic N) is 3. The van der Waals surface area contributed by atoms with Gasteiger partial charge in [-0.05, 0) is 35.9 Å². The smallest absolute Gasteiger partial charge is 0.234 e. The fraction of sp³-hybridized carbons (Fsp3) is 0.160. The highest BCUT2D eigenvalue weighted by Gasteiger charge is 2.38. The predicted molar refractivity (Wildman–Crippen MR) is 124 cm³/mol. The number of fused-ring (bicyclic) bond motifs is 1. The van der Waals surface area contributed by atoms with E-state index in [4.69, 9.17) is 0 Å². The number of aromatic nitrogens is 1. The average molecular weight is 481 g/mol. The number of carbonyl (C=O) groups is 2. The first-order valence-electron chi connectivity index (χ1n) is 10.6. The normalized spacial score (nSPS) is 15.8. The number of carbonyl (C=O) groups excluding carboxylic acids is 2. The van der Waals surface area contributed by atoms with Gasteiger partial charge >= 0.3 is 0 Å². The van der Waals surface area contributed by atoms with Crippen molar-refractivity contribution in [2.75, 3.05) is 16.3 Å². The van der Waals surface area contributed by atoms with E-state index in [1.807, 2.05) is 30.3 Å². The Morgan fingerprint density at radius 1 is 1.03 bits per heavy atom. The topological polar surface area (TPSA) is 53.5 Å². The molecule has 5 rings (SSSR count). The summed E-state index contributed by atoms with van der Waals surface area (Å²) in [7, 11) is 0. The molecule has 1 aliphatic rings. The molecular formula is C25H18F3N3O2S. The lowest BCUT2D eigenvalue weighted by Crippen LogP contribution is -2.37. The molecule has 172 valence electrons. The highest BCUT2D eigenvalue weighted by atomic mass is 32.1. The van der Waals surface area contributed by atoms with Crippen molar-refractivity contribution in [1.29, 1.82) is 0 Å². The van der Waals surface area contributed by atoms with Gasteiger partial charge in [0.25, 0.3) is 0 Å². The number of amides is 2. The van der Waals surface area contributed by atoms with Gasteiger partial charge in [0.15, 0.2) is 10.9 Å². The molecule has 2 amide bonds. The molecule has 0 aliphatic carbocycles. The molecule has 1 fully saturated rings. The lowest BCUT2D eigenvalue weighted by atomic mass is 10.1. The fourth-order valence-electron chi connectivity index (χ4n) is 4.03. The van der Waals surface area contributed by atoms with Crippen LogP contribution in [0.2, 0.25) is 0 Å². The summed E-state index contributed by atoms with van der Waals surface area (Å²) in [6.45, 7) is 0.285. The Kier molecular flexibility index (Phi) is 5.79. The standard InChI is InChI=1S/C25H18F3N3O2S/c26-17-6-8-19(9-7-17)30-14-16(10-22(30)32)24(33)31(13-15-4-2-1-3-5-15)25-29-23-20(28)11-18(27)12-21(23)34-25/h1-9,11-12,16H,10,13-14H2. The molecule has 0 radical (unpaired) electrons. The summed E-state index contributed by atoms with van der Waals surface area (Å²) in [4.78, 5) is 33.5. The van der Waals surface area contributed by atoms with E-state index in [0.29, 0.717) is 5.69 Å². The second-order valence-electron chi connectivity index (χ2n) is 8.02. The second-order valence-corrected chi connectivity index (χ2v) is 9.03. The molecule has 0 bridgehead atoms. The molecule has 9 heteroatoms. The molecule has 1 aliphatic heterocycles. The van der Waals surface area contributed by atoms with Crippen LogP contribution in [-0.2, 0) is 16.1 Å². The van der Waals surface area contributed by atoms with Crippen LogP contribution in [0, 0.1) is 23.4 Å². The fourth-order valence-corrected chi connectivity index (χ4v) is 5.04. The first-order valence-corrected chi connectivity index (χ1v) is 11.4. The van der Waals surface area contributed by atoms with Crippen LogP contribution in [0.15, 0.2) is 66.7 Å². The number of anilines is 2. The number of thiazole rings is 1. The van der Waals surface area contributed by atoms with Crippen LogP contribution >= 0.6 is 11.3 Å². The Morgan fingerprint density at radius 2 is 1.76 bits per heavy atom. The van der Waals surface area contributed by atoms with E-state index in [9.17, 15) is 22.8 Å². The predicted octanol–water partition coefficient (Wildman–Crippen LogP) is 5.30. The van der Waals surface area contributed by atoms with Gasteiger partial charge in [0.05, 0.1) is 17.2 Å². The number of rotatable bonds is 5. The number of hydrogen-bond donors (Lipinski definition) is 0. The molecule has 0 saturated carbocycles. The molecule has 1 atom stereocenters. The van der Waals surface area contributed by atoms with Gasteiger partial charge < -0.3 is 4.90 Å². The molecule has 1 aromatic heterocycles. The third-order valence-corrected chi connectivity index (χ3v) is 6.72. The minimum Gasteiger partial charge on any atom is -0.312 e. The highest BCUT2D eigenvalue weighted by Crippen LogP contribution is 2.34. The molecule has 5 nitrogen and oxygen atoms in total. The van der Waals surface area contributed by atoms with Crippen LogP contribution in [0.5, 0.6) is 0 Å². The minimum atomic E-state index is -0.803. The van der Waals surface area contributed by atoms with Gasteiger partial charge in [0, 0.05) is 24.7 Å². The minimum absolute atomic E-state index is 0.0114. The van der Waals surface area contributed by atoms with Crippen molar-refractivity contribution in [3.05, 3.63) is 89.7 Å². The van der Waals surface area contributed by atoms with Crippen molar-refractivity contribution >= 4 is 44.2 Å². The van der Waals surface area contributed by atoms with Crippen molar-refractivity contribution in [2.24, 2.45) is 5.92 Å². The van der Waals surface area contributed by atoms with Crippen LogP contribution in [0.4, 0.5) is 24.0 Å². The summed E-state index contributed by atoms with van der Waals surface area (Å²) in [5.74, 6) is -3.21. The van der Waals surface area contributed by atoms with Gasteiger partial charge in [0.2, 0.25) is 11.8 Å². The van der Waals surface area contributed by atoms with Gasteiger partial charge in [-0.2, -0.15) is 0 Å². The third-order valence-electron chi connectivity index (χ3n) is 5.69. The van der Waals surface area contributed by atoms with Crippen molar-refractivity contribution in [3.63, 3.8) is 0 Å². The molecule has 34 heavy (non-hydrogen) atoms. The summed E-state index contributed by atoms with van der Waals surface area (Å²) in [5, 5.41) is 0.223. The first kappa shape index (κ1) is 22.1. The van der Waals surface area contributed by atoms with Gasteiger partial charge in [-0.25, -0.2) is 18.2 Å². The molecule has 2 heterocycles. The maximum atomic E-state index is 14.3. The number of benzene rings is 3. The maximum Gasteiger partial charge on any atom is 0.234 e. The zero-order valence-electron chi connectivity index (χ0n) is 17.7. The van der Waals surface area contributed by atoms with E-state index in [1.165, 1.54) is 40.1 Å². The van der Waals surface area contributed by atoms with E-state index in [2.05, 4.69) is 4.98 Å². The number of hydrogen-bond acceptors (Lipinski definition) is 4. The zero-order chi connectivity index (χ0) is 23.8. The van der Waals surface area contributed by atoms with Gasteiger partial charge in [0.1, 0.15) is 17.2 Å². The molecule has 4 aromatic rings. The summed E-state index contributed by atoms with van der Waals surface area (Å²) in [6, 6.07) is 16.6. The van der Waals surface area contributed by atoms with Crippen molar-refractivity contribution in [1.82, 2.24) is 4.98 Å². The first-order chi connectivity index (χ1) is 16.4. The summed E-state index contributed by atoms with van der Waals surface area (Å²) < 4.78 is 41.6. The molecule has 0 N–H and O–H groups in total. The molecule has 1 saturated heterocycles. The Balaban J connectivity index is 1.48. The Hall–Kier alpha value is -3.72. The van der Waals surface area contributed by atoms with E-state index in [0.717, 1.165) is 23.0 Å². The van der Waals surface area contributed by atoms with E-state index < -0.39 is 23.4 Å². The number of halogens is 3. The van der Waals surface area contributed by atoms with Crippen LogP contribution in [0.1, 0.15) is 12.0 Å². The molecule has 1 unspecified atom stereocenters. The largest absolute Gasteiger partial charge is 0.312 e. The van der Waals surface area contributed by atoms with E-state index in [1.54, 1.807) is 0 Å². The average Bonchev–Trinajstić information content (AvgIpc) is 3.42. The van der Waals surface area contributed by atoms with Crippen molar-refractivity contribution in [2.45, 2.75) is 13.0 Å². The SMILES string of the molecule is O=C1CC(C(=O)N(Cc2ccccc2)c2nc3c(F)cc(F)cc3s2)CN1c1ccc(F)cc1. The van der Waals surface area contributed by atoms with Gasteiger partial charge in [-0.3, -0.25) is 14.5 Å². The summed E-state index contributed by atoms with van der Waals surface area (Å²) in [5.41, 5.74) is 1.32. The van der Waals surface area contributed by atoms with Gasteiger partial charge in [-0.1, -0.05) is 41.7 Å². The summed E-state index contributed by atoms with van der Waals surface area (Å²) in [6.07, 6.45) is -0.0185. The van der Waals surface area contributed by atoms with E-state index in [-0.39, 0.29) is 46.7 Å². The Bertz CT molecular complexity index is 1380. The quantitative estimate of drug-likeness (QED) is 0.389. The van der Waals surface area contributed by atoms with E-state index >= 15 is 0 Å². The van der Waals surface area contributed by atoms with Crippen molar-refractivity contribution in [3.8, 4) is 0 Å². The van der Waals surface area contributed by atoms with Crippen LogP contribution < -0.4 is 9.80 Å². The molecule has 3 aromatic carbocycles. The lowest BCUT2D eigenvalue weighted by Gasteiger charge is -2.23. The highest BCUT2D eigenvalue weighted by molar-refractivity contribution is 7.22. The molecular weight excluding hydrogens is 463 g/mol.